The highest BCUT2D eigenvalue weighted by Gasteiger charge is 2.18. The first-order chi connectivity index (χ1) is 10.6. The van der Waals surface area contributed by atoms with Crippen molar-refractivity contribution >= 4 is 21.6 Å². The van der Waals surface area contributed by atoms with E-state index in [2.05, 4.69) is 9.97 Å². The average Bonchev–Trinajstić information content (AvgIpc) is 2.84. The predicted molar refractivity (Wildman–Crippen MR) is 86.9 cm³/mol. The molecule has 114 valence electrons. The lowest BCUT2D eigenvalue weighted by Crippen LogP contribution is -2.34. The summed E-state index contributed by atoms with van der Waals surface area (Å²) in [6.07, 6.45) is 1.65. The summed E-state index contributed by atoms with van der Waals surface area (Å²) in [4.78, 5) is 32.9. The number of methoxy groups -OCH3 is 1. The van der Waals surface area contributed by atoms with E-state index in [0.717, 1.165) is 16.0 Å². The van der Waals surface area contributed by atoms with E-state index in [-0.39, 0.29) is 11.2 Å². The van der Waals surface area contributed by atoms with Crippen molar-refractivity contribution in [3.8, 4) is 16.3 Å². The number of rotatable bonds is 3. The molecular formula is C15H15N3O3S. The Morgan fingerprint density at radius 3 is 2.86 bits per heavy atom. The van der Waals surface area contributed by atoms with Crippen LogP contribution in [0.3, 0.4) is 0 Å². The van der Waals surface area contributed by atoms with Crippen molar-refractivity contribution in [3.63, 3.8) is 0 Å². The third kappa shape index (κ3) is 2.05. The summed E-state index contributed by atoms with van der Waals surface area (Å²) < 4.78 is 6.49. The fourth-order valence-corrected chi connectivity index (χ4v) is 3.73. The normalized spacial score (nSPS) is 11.0. The summed E-state index contributed by atoms with van der Waals surface area (Å²) >= 11 is 1.37. The number of nitrogens with one attached hydrogen (secondary N) is 1. The van der Waals surface area contributed by atoms with Gasteiger partial charge in [-0.2, -0.15) is 0 Å². The van der Waals surface area contributed by atoms with Gasteiger partial charge >= 0.3 is 5.69 Å². The van der Waals surface area contributed by atoms with Gasteiger partial charge in [0.2, 0.25) is 5.88 Å². The van der Waals surface area contributed by atoms with Crippen LogP contribution >= 0.6 is 11.3 Å². The van der Waals surface area contributed by atoms with Gasteiger partial charge in [0.05, 0.1) is 18.1 Å². The van der Waals surface area contributed by atoms with E-state index in [1.165, 1.54) is 15.9 Å². The summed E-state index contributed by atoms with van der Waals surface area (Å²) in [6, 6.07) is 3.70. The van der Waals surface area contributed by atoms with E-state index in [0.29, 0.717) is 22.6 Å². The quantitative estimate of drug-likeness (QED) is 0.803. The standard InChI is InChI=1S/C15H15N3O3S/c1-4-18-14(19)10-8(2)11(22-13(10)17-15(18)20)9-6-5-7-16-12(9)21-3/h5-7H,4H2,1-3H3,(H,17,20). The summed E-state index contributed by atoms with van der Waals surface area (Å²) in [6.45, 7) is 3.99. The Morgan fingerprint density at radius 1 is 1.41 bits per heavy atom. The maximum Gasteiger partial charge on any atom is 0.329 e. The third-order valence-electron chi connectivity index (χ3n) is 3.60. The minimum Gasteiger partial charge on any atom is -0.481 e. The minimum atomic E-state index is -0.383. The van der Waals surface area contributed by atoms with Crippen LogP contribution in [-0.2, 0) is 6.54 Å². The Morgan fingerprint density at radius 2 is 2.18 bits per heavy atom. The lowest BCUT2D eigenvalue weighted by atomic mass is 10.1. The molecule has 0 aliphatic carbocycles. The summed E-state index contributed by atoms with van der Waals surface area (Å²) in [5, 5.41) is 0.548. The van der Waals surface area contributed by atoms with Crippen molar-refractivity contribution in [1.29, 1.82) is 0 Å². The molecule has 6 nitrogen and oxygen atoms in total. The molecule has 0 spiro atoms. The first-order valence-electron chi connectivity index (χ1n) is 6.84. The summed E-state index contributed by atoms with van der Waals surface area (Å²) in [7, 11) is 1.56. The smallest absolute Gasteiger partial charge is 0.329 e. The number of fused-ring (bicyclic) bond motifs is 1. The minimum absolute atomic E-state index is 0.260. The van der Waals surface area contributed by atoms with Crippen molar-refractivity contribution in [3.05, 3.63) is 44.7 Å². The van der Waals surface area contributed by atoms with Gasteiger partial charge in [0.25, 0.3) is 5.56 Å². The van der Waals surface area contributed by atoms with Gasteiger partial charge in [0, 0.05) is 17.6 Å². The molecule has 3 aromatic heterocycles. The SMILES string of the molecule is CCn1c(=O)[nH]c2sc(-c3cccnc3OC)c(C)c2c1=O. The van der Waals surface area contributed by atoms with E-state index in [1.807, 2.05) is 19.1 Å². The Hall–Kier alpha value is -2.41. The number of H-pyrrole nitrogens is 1. The molecule has 22 heavy (non-hydrogen) atoms. The molecule has 0 saturated carbocycles. The number of aryl methyl sites for hydroxylation is 1. The summed E-state index contributed by atoms with van der Waals surface area (Å²) in [5.74, 6) is 0.496. The first-order valence-corrected chi connectivity index (χ1v) is 7.65. The van der Waals surface area contributed by atoms with Crippen molar-refractivity contribution in [2.75, 3.05) is 7.11 Å². The molecule has 0 aliphatic heterocycles. The van der Waals surface area contributed by atoms with Crippen LogP contribution in [-0.4, -0.2) is 21.6 Å². The van der Waals surface area contributed by atoms with Gasteiger partial charge in [0.1, 0.15) is 4.83 Å². The molecule has 0 aromatic carbocycles. The van der Waals surface area contributed by atoms with Crippen molar-refractivity contribution in [2.45, 2.75) is 20.4 Å². The Balaban J connectivity index is 2.39. The highest BCUT2D eigenvalue weighted by molar-refractivity contribution is 7.22. The highest BCUT2D eigenvalue weighted by Crippen LogP contribution is 2.38. The Bertz CT molecular complexity index is 968. The molecule has 0 radical (unpaired) electrons. The van der Waals surface area contributed by atoms with Crippen molar-refractivity contribution in [1.82, 2.24) is 14.5 Å². The Labute approximate surface area is 130 Å². The molecule has 1 N–H and O–H groups in total. The van der Waals surface area contributed by atoms with E-state index >= 15 is 0 Å². The molecule has 3 heterocycles. The number of aromatic amines is 1. The molecular weight excluding hydrogens is 302 g/mol. The van der Waals surface area contributed by atoms with Crippen LogP contribution in [0.25, 0.3) is 20.7 Å². The number of ether oxygens (including phenoxy) is 1. The van der Waals surface area contributed by atoms with Gasteiger partial charge in [-0.3, -0.25) is 14.3 Å². The molecule has 0 fully saturated rings. The fraction of sp³-hybridized carbons (Fsp3) is 0.267. The second kappa shape index (κ2) is 5.42. The zero-order valence-corrected chi connectivity index (χ0v) is 13.3. The lowest BCUT2D eigenvalue weighted by molar-refractivity contribution is 0.400. The molecule has 3 rings (SSSR count). The molecule has 3 aromatic rings. The zero-order valence-electron chi connectivity index (χ0n) is 12.5. The third-order valence-corrected chi connectivity index (χ3v) is 4.84. The molecule has 0 saturated heterocycles. The number of thiophene rings is 1. The largest absolute Gasteiger partial charge is 0.481 e. The second-order valence-electron chi connectivity index (χ2n) is 4.80. The second-order valence-corrected chi connectivity index (χ2v) is 5.82. The van der Waals surface area contributed by atoms with Crippen molar-refractivity contribution in [2.24, 2.45) is 0 Å². The van der Waals surface area contributed by atoms with Gasteiger partial charge in [0.15, 0.2) is 0 Å². The zero-order chi connectivity index (χ0) is 15.9. The maximum absolute atomic E-state index is 12.5. The van der Waals surface area contributed by atoms with Gasteiger partial charge < -0.3 is 4.74 Å². The molecule has 0 bridgehead atoms. The number of hydrogen-bond acceptors (Lipinski definition) is 5. The van der Waals surface area contributed by atoms with Crippen LogP contribution < -0.4 is 16.0 Å². The van der Waals surface area contributed by atoms with Crippen LogP contribution in [0, 0.1) is 6.92 Å². The average molecular weight is 317 g/mol. The van der Waals surface area contributed by atoms with Crippen LogP contribution in [0.15, 0.2) is 27.9 Å². The van der Waals surface area contributed by atoms with Gasteiger partial charge in [-0.05, 0) is 31.5 Å². The van der Waals surface area contributed by atoms with E-state index in [9.17, 15) is 9.59 Å². The van der Waals surface area contributed by atoms with Gasteiger partial charge in [-0.1, -0.05) is 0 Å². The predicted octanol–water partition coefficient (Wildman–Crippen LogP) is 2.15. The van der Waals surface area contributed by atoms with Crippen LogP contribution in [0.2, 0.25) is 0 Å². The number of aromatic nitrogens is 3. The molecule has 0 amide bonds. The van der Waals surface area contributed by atoms with Crippen LogP contribution in [0.1, 0.15) is 12.5 Å². The van der Waals surface area contributed by atoms with Crippen molar-refractivity contribution < 1.29 is 4.74 Å². The monoisotopic (exact) mass is 317 g/mol. The van der Waals surface area contributed by atoms with E-state index in [4.69, 9.17) is 4.74 Å². The number of nitrogens with zero attached hydrogens (tertiary/aromatic N) is 2. The number of hydrogen-bond donors (Lipinski definition) is 1. The molecule has 0 atom stereocenters. The molecule has 7 heteroatoms. The lowest BCUT2D eigenvalue weighted by Gasteiger charge is -2.05. The fourth-order valence-electron chi connectivity index (χ4n) is 2.52. The topological polar surface area (TPSA) is 77.0 Å². The first kappa shape index (κ1) is 14.5. The van der Waals surface area contributed by atoms with Gasteiger partial charge in [-0.25, -0.2) is 9.78 Å². The Kier molecular flexibility index (Phi) is 3.58. The van der Waals surface area contributed by atoms with E-state index < -0.39 is 0 Å². The number of pyridine rings is 1. The summed E-state index contributed by atoms with van der Waals surface area (Å²) in [5.41, 5.74) is 0.997. The van der Waals surface area contributed by atoms with Crippen LogP contribution in [0.5, 0.6) is 5.88 Å². The van der Waals surface area contributed by atoms with Crippen LogP contribution in [0.4, 0.5) is 0 Å². The molecule has 0 aliphatic rings. The van der Waals surface area contributed by atoms with Gasteiger partial charge in [-0.15, -0.1) is 11.3 Å². The highest BCUT2D eigenvalue weighted by atomic mass is 32.1. The molecule has 0 unspecified atom stereocenters. The van der Waals surface area contributed by atoms with E-state index in [1.54, 1.807) is 20.2 Å². The maximum atomic E-state index is 12.5.